The zero-order chi connectivity index (χ0) is 10.4. The van der Waals surface area contributed by atoms with Crippen molar-refractivity contribution < 1.29 is 4.74 Å². The Morgan fingerprint density at radius 1 is 1.43 bits per heavy atom. The van der Waals surface area contributed by atoms with Crippen LogP contribution >= 0.6 is 0 Å². The largest absolute Gasteiger partial charge is 0.497 e. The van der Waals surface area contributed by atoms with E-state index in [1.54, 1.807) is 7.11 Å². The quantitative estimate of drug-likeness (QED) is 0.775. The molecule has 1 N–H and O–H groups in total. The van der Waals surface area contributed by atoms with Gasteiger partial charge in [-0.2, -0.15) is 0 Å². The topological polar surface area (TPSA) is 21.3 Å². The van der Waals surface area contributed by atoms with Gasteiger partial charge in [0, 0.05) is 6.54 Å². The van der Waals surface area contributed by atoms with E-state index in [1.165, 1.54) is 5.56 Å². The van der Waals surface area contributed by atoms with E-state index in [2.05, 4.69) is 24.4 Å². The van der Waals surface area contributed by atoms with Crippen molar-refractivity contribution in [3.63, 3.8) is 0 Å². The van der Waals surface area contributed by atoms with Crippen molar-refractivity contribution in [2.75, 3.05) is 20.7 Å². The lowest BCUT2D eigenvalue weighted by Crippen LogP contribution is -2.16. The minimum Gasteiger partial charge on any atom is -0.497 e. The van der Waals surface area contributed by atoms with Gasteiger partial charge in [0.25, 0.3) is 0 Å². The van der Waals surface area contributed by atoms with Gasteiger partial charge in [-0.3, -0.25) is 0 Å². The summed E-state index contributed by atoms with van der Waals surface area (Å²) in [6.45, 7) is 3.23. The summed E-state index contributed by atoms with van der Waals surface area (Å²) in [7, 11) is 3.70. The Morgan fingerprint density at radius 3 is 2.79 bits per heavy atom. The summed E-state index contributed by atoms with van der Waals surface area (Å²) in [5.74, 6) is 1.52. The maximum absolute atomic E-state index is 5.21. The monoisotopic (exact) mass is 193 g/mol. The van der Waals surface area contributed by atoms with Crippen LogP contribution in [0.1, 0.15) is 24.8 Å². The van der Waals surface area contributed by atoms with Gasteiger partial charge in [-0.05, 0) is 37.1 Å². The van der Waals surface area contributed by atoms with Crippen molar-refractivity contribution in [1.29, 1.82) is 0 Å². The number of rotatable bonds is 5. The number of hydrogen-bond donors (Lipinski definition) is 1. The third-order valence-electron chi connectivity index (χ3n) is 2.51. The Morgan fingerprint density at radius 2 is 2.21 bits per heavy atom. The third kappa shape index (κ3) is 2.74. The molecule has 78 valence electrons. The fourth-order valence-electron chi connectivity index (χ4n) is 1.64. The highest BCUT2D eigenvalue weighted by atomic mass is 16.5. The highest BCUT2D eigenvalue weighted by Gasteiger charge is 2.08. The van der Waals surface area contributed by atoms with Gasteiger partial charge in [0.2, 0.25) is 0 Å². The minimum atomic E-state index is 0.579. The van der Waals surface area contributed by atoms with E-state index < -0.39 is 0 Å². The molecule has 0 aliphatic rings. The zero-order valence-corrected chi connectivity index (χ0v) is 9.21. The maximum atomic E-state index is 5.21. The van der Waals surface area contributed by atoms with Gasteiger partial charge in [0.15, 0.2) is 0 Å². The van der Waals surface area contributed by atoms with Crippen LogP contribution in [-0.2, 0) is 0 Å². The Labute approximate surface area is 86.3 Å². The van der Waals surface area contributed by atoms with Crippen molar-refractivity contribution in [3.05, 3.63) is 29.8 Å². The molecule has 0 saturated heterocycles. The first kappa shape index (κ1) is 11.1. The summed E-state index contributed by atoms with van der Waals surface area (Å²) in [5.41, 5.74) is 1.35. The van der Waals surface area contributed by atoms with Crippen LogP contribution in [-0.4, -0.2) is 20.7 Å². The van der Waals surface area contributed by atoms with Crippen molar-refractivity contribution in [2.24, 2.45) is 0 Å². The molecule has 0 bridgehead atoms. The van der Waals surface area contributed by atoms with Crippen LogP contribution < -0.4 is 10.1 Å². The Balaban J connectivity index is 2.80. The Kier molecular flexibility index (Phi) is 4.47. The Bertz CT molecular complexity index is 273. The van der Waals surface area contributed by atoms with E-state index in [-0.39, 0.29) is 0 Å². The number of methoxy groups -OCH3 is 1. The molecule has 0 saturated carbocycles. The lowest BCUT2D eigenvalue weighted by molar-refractivity contribution is 0.413. The number of nitrogens with one attached hydrogen (secondary N) is 1. The van der Waals surface area contributed by atoms with E-state index in [0.717, 1.165) is 18.7 Å². The average Bonchev–Trinajstić information content (AvgIpc) is 2.26. The molecule has 0 spiro atoms. The molecule has 14 heavy (non-hydrogen) atoms. The lowest BCUT2D eigenvalue weighted by Gasteiger charge is -2.15. The van der Waals surface area contributed by atoms with Crippen LogP contribution in [0.4, 0.5) is 0 Å². The zero-order valence-electron chi connectivity index (χ0n) is 9.21. The van der Waals surface area contributed by atoms with E-state index in [9.17, 15) is 0 Å². The van der Waals surface area contributed by atoms with Crippen molar-refractivity contribution in [3.8, 4) is 5.75 Å². The van der Waals surface area contributed by atoms with Gasteiger partial charge < -0.3 is 10.1 Å². The molecule has 1 rings (SSSR count). The predicted molar refractivity (Wildman–Crippen MR) is 60.0 cm³/mol. The van der Waals surface area contributed by atoms with Gasteiger partial charge in [0.1, 0.15) is 5.75 Å². The van der Waals surface area contributed by atoms with Gasteiger partial charge in [-0.25, -0.2) is 0 Å². The van der Waals surface area contributed by atoms with Gasteiger partial charge in [-0.1, -0.05) is 19.1 Å². The molecule has 0 radical (unpaired) electrons. The van der Waals surface area contributed by atoms with Crippen LogP contribution in [0, 0.1) is 0 Å². The number of benzene rings is 1. The molecule has 0 aromatic heterocycles. The summed E-state index contributed by atoms with van der Waals surface area (Å²) >= 11 is 0. The molecule has 1 aromatic carbocycles. The molecule has 1 aromatic rings. The molecule has 0 heterocycles. The van der Waals surface area contributed by atoms with Crippen molar-refractivity contribution >= 4 is 0 Å². The summed E-state index contributed by atoms with van der Waals surface area (Å²) in [5, 5.41) is 3.21. The Hall–Kier alpha value is -1.02. The first-order chi connectivity index (χ1) is 6.81. The molecular formula is C12H19NO. The summed E-state index contributed by atoms with van der Waals surface area (Å²) in [6, 6.07) is 8.31. The van der Waals surface area contributed by atoms with E-state index in [4.69, 9.17) is 4.74 Å². The molecular weight excluding hydrogens is 174 g/mol. The van der Waals surface area contributed by atoms with E-state index in [1.807, 2.05) is 19.2 Å². The van der Waals surface area contributed by atoms with Crippen LogP contribution in [0.15, 0.2) is 24.3 Å². The fraction of sp³-hybridized carbons (Fsp3) is 0.500. The molecule has 2 heteroatoms. The molecule has 0 aliphatic carbocycles. The fourth-order valence-corrected chi connectivity index (χ4v) is 1.64. The summed E-state index contributed by atoms with van der Waals surface area (Å²) < 4.78 is 5.21. The first-order valence-electron chi connectivity index (χ1n) is 5.10. The van der Waals surface area contributed by atoms with E-state index in [0.29, 0.717) is 5.92 Å². The molecule has 1 atom stereocenters. The summed E-state index contributed by atoms with van der Waals surface area (Å²) in [6.07, 6.45) is 1.15. The molecule has 1 unspecified atom stereocenters. The summed E-state index contributed by atoms with van der Waals surface area (Å²) in [4.78, 5) is 0. The van der Waals surface area contributed by atoms with Crippen LogP contribution in [0.2, 0.25) is 0 Å². The molecule has 0 fully saturated rings. The van der Waals surface area contributed by atoms with Gasteiger partial charge >= 0.3 is 0 Å². The molecule has 0 aliphatic heterocycles. The second kappa shape index (κ2) is 5.66. The standard InChI is InChI=1S/C12H19NO/c1-4-10(9-13-2)11-6-5-7-12(8-11)14-3/h5-8,10,13H,4,9H2,1-3H3. The second-order valence-electron chi connectivity index (χ2n) is 3.44. The maximum Gasteiger partial charge on any atom is 0.119 e. The van der Waals surface area contributed by atoms with Crippen molar-refractivity contribution in [2.45, 2.75) is 19.3 Å². The van der Waals surface area contributed by atoms with Crippen LogP contribution in [0.25, 0.3) is 0 Å². The van der Waals surface area contributed by atoms with Gasteiger partial charge in [-0.15, -0.1) is 0 Å². The van der Waals surface area contributed by atoms with E-state index >= 15 is 0 Å². The highest BCUT2D eigenvalue weighted by Crippen LogP contribution is 2.22. The molecule has 2 nitrogen and oxygen atoms in total. The van der Waals surface area contributed by atoms with Crippen molar-refractivity contribution in [1.82, 2.24) is 5.32 Å². The van der Waals surface area contributed by atoms with Crippen LogP contribution in [0.3, 0.4) is 0 Å². The number of likely N-dealkylation sites (N-methyl/N-ethyl adjacent to an activating group) is 1. The SMILES string of the molecule is CCC(CNC)c1cccc(OC)c1. The minimum absolute atomic E-state index is 0.579. The van der Waals surface area contributed by atoms with Crippen LogP contribution in [0.5, 0.6) is 5.75 Å². The van der Waals surface area contributed by atoms with Gasteiger partial charge in [0.05, 0.1) is 7.11 Å². The lowest BCUT2D eigenvalue weighted by atomic mass is 9.96. The second-order valence-corrected chi connectivity index (χ2v) is 3.44. The third-order valence-corrected chi connectivity index (χ3v) is 2.51. The number of ether oxygens (including phenoxy) is 1. The highest BCUT2D eigenvalue weighted by molar-refractivity contribution is 5.30. The number of hydrogen-bond acceptors (Lipinski definition) is 2. The first-order valence-corrected chi connectivity index (χ1v) is 5.10. The molecule has 0 amide bonds. The smallest absolute Gasteiger partial charge is 0.119 e. The predicted octanol–water partition coefficient (Wildman–Crippen LogP) is 2.41. The average molecular weight is 193 g/mol. The normalized spacial score (nSPS) is 12.5.